The fraction of sp³-hybridized carbons (Fsp3) is 0.286. The third-order valence-corrected chi connectivity index (χ3v) is 3.20. The third kappa shape index (κ3) is 2.30. The maximum absolute atomic E-state index is 13.4. The zero-order chi connectivity index (χ0) is 14.1. The molecule has 0 aliphatic rings. The molecule has 104 valence electrons. The van der Waals surface area contributed by atoms with E-state index in [-0.39, 0.29) is 5.82 Å². The molecule has 2 heterocycles. The van der Waals surface area contributed by atoms with Crippen LogP contribution in [0, 0.1) is 5.82 Å². The molecule has 20 heavy (non-hydrogen) atoms. The van der Waals surface area contributed by atoms with Crippen molar-refractivity contribution >= 4 is 27.8 Å². The Morgan fingerprint density at radius 3 is 2.95 bits per heavy atom. The highest BCUT2D eigenvalue weighted by Gasteiger charge is 2.10. The van der Waals surface area contributed by atoms with Crippen molar-refractivity contribution in [2.24, 2.45) is 0 Å². The summed E-state index contributed by atoms with van der Waals surface area (Å²) in [5.74, 6) is 0.479. The van der Waals surface area contributed by atoms with Gasteiger partial charge < -0.3 is 15.2 Å². The van der Waals surface area contributed by atoms with Crippen LogP contribution in [0.1, 0.15) is 0 Å². The number of aromatic amines is 1. The van der Waals surface area contributed by atoms with Crippen molar-refractivity contribution < 1.29 is 4.39 Å². The van der Waals surface area contributed by atoms with E-state index in [4.69, 9.17) is 0 Å². The predicted octanol–water partition coefficient (Wildman–Crippen LogP) is 2.22. The van der Waals surface area contributed by atoms with Crippen LogP contribution in [0.3, 0.4) is 0 Å². The lowest BCUT2D eigenvalue weighted by Crippen LogP contribution is -2.21. The van der Waals surface area contributed by atoms with Crippen LogP contribution in [0.25, 0.3) is 21.9 Å². The van der Waals surface area contributed by atoms with E-state index in [2.05, 4.69) is 25.2 Å². The van der Waals surface area contributed by atoms with E-state index in [1.54, 1.807) is 6.07 Å². The monoisotopic (exact) mass is 273 g/mol. The summed E-state index contributed by atoms with van der Waals surface area (Å²) in [6.07, 6.45) is 1.50. The van der Waals surface area contributed by atoms with Gasteiger partial charge in [-0.2, -0.15) is 0 Å². The first-order valence-electron chi connectivity index (χ1n) is 6.45. The molecule has 0 spiro atoms. The summed E-state index contributed by atoms with van der Waals surface area (Å²) in [5, 5.41) is 4.05. The molecule has 6 heteroatoms. The fourth-order valence-electron chi connectivity index (χ4n) is 2.20. The molecular weight excluding hydrogens is 257 g/mol. The van der Waals surface area contributed by atoms with Crippen LogP contribution >= 0.6 is 0 Å². The molecule has 0 atom stereocenters. The van der Waals surface area contributed by atoms with Gasteiger partial charge in [0.25, 0.3) is 0 Å². The molecule has 0 amide bonds. The number of likely N-dealkylation sites (N-methyl/N-ethyl adjacent to an activating group) is 1. The van der Waals surface area contributed by atoms with Crippen molar-refractivity contribution in [2.75, 3.05) is 32.5 Å². The topological polar surface area (TPSA) is 56.8 Å². The van der Waals surface area contributed by atoms with Crippen LogP contribution in [0.4, 0.5) is 10.2 Å². The lowest BCUT2D eigenvalue weighted by Gasteiger charge is -2.10. The van der Waals surface area contributed by atoms with Crippen molar-refractivity contribution in [3.63, 3.8) is 0 Å². The van der Waals surface area contributed by atoms with Gasteiger partial charge in [-0.1, -0.05) is 0 Å². The number of nitrogens with one attached hydrogen (secondary N) is 2. The summed E-state index contributed by atoms with van der Waals surface area (Å²) in [4.78, 5) is 13.8. The van der Waals surface area contributed by atoms with Crippen LogP contribution in [0.15, 0.2) is 24.5 Å². The second kappa shape index (κ2) is 5.05. The molecule has 5 nitrogen and oxygen atoms in total. The summed E-state index contributed by atoms with van der Waals surface area (Å²) in [5.41, 5.74) is 2.41. The Balaban J connectivity index is 2.03. The van der Waals surface area contributed by atoms with Crippen LogP contribution in [-0.4, -0.2) is 47.0 Å². The second-order valence-corrected chi connectivity index (χ2v) is 4.99. The first-order valence-corrected chi connectivity index (χ1v) is 6.45. The maximum Gasteiger partial charge on any atom is 0.153 e. The average Bonchev–Trinajstić information content (AvgIpc) is 2.77. The SMILES string of the molecule is CN(C)CCNc1ncnc2c1[nH]c1ccc(F)cc12. The van der Waals surface area contributed by atoms with Gasteiger partial charge in [0.1, 0.15) is 23.2 Å². The summed E-state index contributed by atoms with van der Waals surface area (Å²) in [7, 11) is 4.03. The Morgan fingerprint density at radius 1 is 1.30 bits per heavy atom. The molecule has 0 saturated heterocycles. The number of hydrogen-bond donors (Lipinski definition) is 2. The highest BCUT2D eigenvalue weighted by Crippen LogP contribution is 2.27. The Bertz CT molecular complexity index is 750. The molecule has 0 unspecified atom stereocenters. The zero-order valence-corrected chi connectivity index (χ0v) is 11.4. The van der Waals surface area contributed by atoms with Gasteiger partial charge in [0, 0.05) is 24.0 Å². The molecule has 0 radical (unpaired) electrons. The number of aromatic nitrogens is 3. The minimum Gasteiger partial charge on any atom is -0.367 e. The zero-order valence-electron chi connectivity index (χ0n) is 11.4. The third-order valence-electron chi connectivity index (χ3n) is 3.20. The lowest BCUT2D eigenvalue weighted by molar-refractivity contribution is 0.425. The smallest absolute Gasteiger partial charge is 0.153 e. The van der Waals surface area contributed by atoms with E-state index < -0.39 is 0 Å². The first kappa shape index (κ1) is 12.8. The number of benzene rings is 1. The largest absolute Gasteiger partial charge is 0.367 e. The van der Waals surface area contributed by atoms with Gasteiger partial charge in [-0.25, -0.2) is 14.4 Å². The van der Waals surface area contributed by atoms with E-state index in [0.29, 0.717) is 0 Å². The molecule has 0 aliphatic heterocycles. The van der Waals surface area contributed by atoms with E-state index in [1.165, 1.54) is 18.5 Å². The summed E-state index contributed by atoms with van der Waals surface area (Å²) < 4.78 is 13.4. The predicted molar refractivity (Wildman–Crippen MR) is 78.4 cm³/mol. The van der Waals surface area contributed by atoms with Gasteiger partial charge >= 0.3 is 0 Å². The Hall–Kier alpha value is -2.21. The molecule has 0 saturated carbocycles. The number of halogens is 1. The maximum atomic E-state index is 13.4. The van der Waals surface area contributed by atoms with Crippen LogP contribution < -0.4 is 5.32 Å². The van der Waals surface area contributed by atoms with E-state index in [9.17, 15) is 4.39 Å². The van der Waals surface area contributed by atoms with Crippen molar-refractivity contribution in [1.29, 1.82) is 0 Å². The van der Waals surface area contributed by atoms with Crippen molar-refractivity contribution in [3.05, 3.63) is 30.3 Å². The molecule has 3 aromatic rings. The van der Waals surface area contributed by atoms with Gasteiger partial charge in [0.05, 0.1) is 0 Å². The van der Waals surface area contributed by atoms with Crippen LogP contribution in [-0.2, 0) is 0 Å². The molecule has 0 aliphatic carbocycles. The lowest BCUT2D eigenvalue weighted by atomic mass is 10.2. The molecule has 0 fully saturated rings. The Labute approximate surface area is 115 Å². The number of fused-ring (bicyclic) bond motifs is 3. The van der Waals surface area contributed by atoms with Crippen molar-refractivity contribution in [3.8, 4) is 0 Å². The summed E-state index contributed by atoms with van der Waals surface area (Å²) >= 11 is 0. The van der Waals surface area contributed by atoms with Crippen molar-refractivity contribution in [1.82, 2.24) is 19.9 Å². The number of H-pyrrole nitrogens is 1. The van der Waals surface area contributed by atoms with Crippen LogP contribution in [0.5, 0.6) is 0 Å². The number of hydrogen-bond acceptors (Lipinski definition) is 4. The highest BCUT2D eigenvalue weighted by atomic mass is 19.1. The molecule has 2 aromatic heterocycles. The first-order chi connectivity index (χ1) is 9.65. The minimum atomic E-state index is -0.265. The van der Waals surface area contributed by atoms with Crippen LogP contribution in [0.2, 0.25) is 0 Å². The molecule has 0 bridgehead atoms. The fourth-order valence-corrected chi connectivity index (χ4v) is 2.20. The highest BCUT2D eigenvalue weighted by molar-refractivity contribution is 6.07. The van der Waals surface area contributed by atoms with Gasteiger partial charge in [-0.15, -0.1) is 0 Å². The Kier molecular flexibility index (Phi) is 3.23. The van der Waals surface area contributed by atoms with Gasteiger partial charge in [0.2, 0.25) is 0 Å². The number of anilines is 1. The summed E-state index contributed by atoms with van der Waals surface area (Å²) in [6.45, 7) is 1.68. The van der Waals surface area contributed by atoms with Gasteiger partial charge in [-0.3, -0.25) is 0 Å². The Morgan fingerprint density at radius 2 is 2.15 bits per heavy atom. The molecule has 1 aromatic carbocycles. The van der Waals surface area contributed by atoms with Crippen molar-refractivity contribution in [2.45, 2.75) is 0 Å². The van der Waals surface area contributed by atoms with E-state index in [0.717, 1.165) is 40.8 Å². The summed E-state index contributed by atoms with van der Waals surface area (Å²) in [6, 6.07) is 4.64. The standard InChI is InChI=1S/C14H16FN5/c1-20(2)6-5-16-14-13-12(17-8-18-14)10-7-9(15)3-4-11(10)19-13/h3-4,7-8,19H,5-6H2,1-2H3,(H,16,17,18). The van der Waals surface area contributed by atoms with E-state index in [1.807, 2.05) is 14.1 Å². The van der Waals surface area contributed by atoms with Gasteiger partial charge in [-0.05, 0) is 32.3 Å². The second-order valence-electron chi connectivity index (χ2n) is 4.99. The number of rotatable bonds is 4. The molecule has 2 N–H and O–H groups in total. The quantitative estimate of drug-likeness (QED) is 0.765. The normalized spacial score (nSPS) is 11.6. The molecule has 3 rings (SSSR count). The minimum absolute atomic E-state index is 0.265. The van der Waals surface area contributed by atoms with E-state index >= 15 is 0 Å². The average molecular weight is 273 g/mol. The van der Waals surface area contributed by atoms with Gasteiger partial charge in [0.15, 0.2) is 5.82 Å². The molecular formula is C14H16FN5. The number of nitrogens with zero attached hydrogens (tertiary/aromatic N) is 3.